The van der Waals surface area contributed by atoms with Crippen LogP contribution < -0.4 is 0 Å². The Labute approximate surface area is 258 Å². The third-order valence-corrected chi connectivity index (χ3v) is 10.9. The average molecular weight is 567 g/mol. The molecule has 0 radical (unpaired) electrons. The van der Waals surface area contributed by atoms with Crippen molar-refractivity contribution in [2.45, 2.75) is 44.4 Å². The molecule has 44 heavy (non-hydrogen) atoms. The number of pyridine rings is 2. The van der Waals surface area contributed by atoms with E-state index in [1.165, 1.54) is 55.6 Å². The molecule has 3 aliphatic rings. The maximum absolute atomic E-state index is 4.92. The van der Waals surface area contributed by atoms with Crippen LogP contribution in [0.25, 0.3) is 49.6 Å². The Bertz CT molecular complexity index is 2250. The van der Waals surface area contributed by atoms with E-state index < -0.39 is 0 Å². The van der Waals surface area contributed by atoms with Gasteiger partial charge in [-0.1, -0.05) is 119 Å². The third kappa shape index (κ3) is 3.37. The second kappa shape index (κ2) is 8.86. The Hall–Kier alpha value is -4.82. The summed E-state index contributed by atoms with van der Waals surface area (Å²) in [6, 6.07) is 33.6. The largest absolute Gasteiger partial charge is 0.254 e. The van der Waals surface area contributed by atoms with Crippen LogP contribution in [0.3, 0.4) is 0 Å². The highest BCUT2D eigenvalue weighted by Crippen LogP contribution is 2.54. The van der Waals surface area contributed by atoms with E-state index in [-0.39, 0.29) is 10.8 Å². The Morgan fingerprint density at radius 3 is 2.05 bits per heavy atom. The fourth-order valence-electron chi connectivity index (χ4n) is 8.57. The van der Waals surface area contributed by atoms with Crippen LogP contribution in [0.15, 0.2) is 122 Å². The molecule has 0 bridgehead atoms. The number of hydrogen-bond donors (Lipinski definition) is 0. The first-order valence-electron chi connectivity index (χ1n) is 15.7. The van der Waals surface area contributed by atoms with E-state index in [0.717, 1.165) is 21.8 Å². The third-order valence-electron chi connectivity index (χ3n) is 10.9. The van der Waals surface area contributed by atoms with Gasteiger partial charge in [0.05, 0.1) is 11.0 Å². The van der Waals surface area contributed by atoms with E-state index in [1.54, 1.807) is 0 Å². The van der Waals surface area contributed by atoms with Crippen molar-refractivity contribution in [2.24, 2.45) is 5.92 Å². The van der Waals surface area contributed by atoms with E-state index in [4.69, 9.17) is 9.97 Å². The molecule has 6 aromatic rings. The smallest absolute Gasteiger partial charge is 0.0970 e. The van der Waals surface area contributed by atoms with Crippen molar-refractivity contribution >= 4 is 27.4 Å². The van der Waals surface area contributed by atoms with Gasteiger partial charge in [0, 0.05) is 34.5 Å². The standard InChI is InChI=1S/C42H34N2/c1-41(2)35-11-7-5-9-29(35)31-15-13-25(23-37(31)41)27-19-21-43-39-33(27)17-18-34-28(20-22-44-40(34)39)26-14-16-32-30-10-6-8-12-36(30)42(3,4)38(32)24-26/h5-24,31,37H,1-4H3. The van der Waals surface area contributed by atoms with Crippen LogP contribution in [-0.4, -0.2) is 9.97 Å². The molecule has 0 spiro atoms. The molecule has 0 amide bonds. The first-order valence-corrected chi connectivity index (χ1v) is 15.7. The monoisotopic (exact) mass is 566 g/mol. The number of fused-ring (bicyclic) bond motifs is 9. The summed E-state index contributed by atoms with van der Waals surface area (Å²) in [5.74, 6) is 0.844. The van der Waals surface area contributed by atoms with Crippen molar-refractivity contribution in [3.63, 3.8) is 0 Å². The minimum absolute atomic E-state index is 0.0383. The lowest BCUT2D eigenvalue weighted by Crippen LogP contribution is -2.25. The molecule has 2 nitrogen and oxygen atoms in total. The lowest BCUT2D eigenvalue weighted by Gasteiger charge is -2.31. The molecule has 0 saturated carbocycles. The molecule has 0 aliphatic heterocycles. The topological polar surface area (TPSA) is 25.8 Å². The van der Waals surface area contributed by atoms with Crippen LogP contribution in [0.1, 0.15) is 61.4 Å². The molecule has 4 aromatic carbocycles. The molecule has 2 heterocycles. The van der Waals surface area contributed by atoms with Crippen molar-refractivity contribution in [3.05, 3.63) is 149 Å². The van der Waals surface area contributed by atoms with Crippen LogP contribution in [0.4, 0.5) is 0 Å². The zero-order chi connectivity index (χ0) is 29.8. The van der Waals surface area contributed by atoms with E-state index in [2.05, 4.69) is 137 Å². The zero-order valence-corrected chi connectivity index (χ0v) is 25.6. The van der Waals surface area contributed by atoms with Gasteiger partial charge in [-0.2, -0.15) is 0 Å². The summed E-state index contributed by atoms with van der Waals surface area (Å²) in [4.78, 5) is 9.84. The lowest BCUT2D eigenvalue weighted by atomic mass is 9.72. The summed E-state index contributed by atoms with van der Waals surface area (Å²) in [5, 5.41) is 2.29. The summed E-state index contributed by atoms with van der Waals surface area (Å²) in [5.41, 5.74) is 15.3. The molecule has 9 rings (SSSR count). The molecule has 3 aliphatic carbocycles. The van der Waals surface area contributed by atoms with Crippen LogP contribution in [0, 0.1) is 5.92 Å². The average Bonchev–Trinajstić information content (AvgIpc) is 3.43. The summed E-state index contributed by atoms with van der Waals surface area (Å²) in [7, 11) is 0. The Kier molecular flexibility index (Phi) is 5.17. The number of allylic oxidation sites excluding steroid dienone is 4. The van der Waals surface area contributed by atoms with Gasteiger partial charge in [-0.25, -0.2) is 0 Å². The van der Waals surface area contributed by atoms with Gasteiger partial charge < -0.3 is 0 Å². The summed E-state index contributed by atoms with van der Waals surface area (Å²) < 4.78 is 0. The number of aromatic nitrogens is 2. The Balaban J connectivity index is 1.16. The highest BCUT2D eigenvalue weighted by Gasteiger charge is 2.45. The second-order valence-electron chi connectivity index (χ2n) is 13.8. The molecular weight excluding hydrogens is 532 g/mol. The highest BCUT2D eigenvalue weighted by molar-refractivity contribution is 6.11. The van der Waals surface area contributed by atoms with Crippen LogP contribution in [0.5, 0.6) is 0 Å². The predicted molar refractivity (Wildman–Crippen MR) is 183 cm³/mol. The van der Waals surface area contributed by atoms with Crippen molar-refractivity contribution in [1.82, 2.24) is 9.97 Å². The van der Waals surface area contributed by atoms with Crippen molar-refractivity contribution in [1.29, 1.82) is 0 Å². The Morgan fingerprint density at radius 2 is 1.25 bits per heavy atom. The van der Waals surface area contributed by atoms with Crippen LogP contribution in [-0.2, 0) is 10.8 Å². The molecule has 0 fully saturated rings. The van der Waals surface area contributed by atoms with E-state index in [0.29, 0.717) is 11.8 Å². The zero-order valence-electron chi connectivity index (χ0n) is 25.6. The summed E-state index contributed by atoms with van der Waals surface area (Å²) in [6.07, 6.45) is 11.2. The quantitative estimate of drug-likeness (QED) is 0.195. The molecule has 2 heteroatoms. The molecule has 2 unspecified atom stereocenters. The maximum Gasteiger partial charge on any atom is 0.0970 e. The summed E-state index contributed by atoms with van der Waals surface area (Å²) >= 11 is 0. The summed E-state index contributed by atoms with van der Waals surface area (Å²) in [6.45, 7) is 9.47. The maximum atomic E-state index is 4.92. The Morgan fingerprint density at radius 1 is 0.591 bits per heavy atom. The van der Waals surface area contributed by atoms with Gasteiger partial charge in [0.1, 0.15) is 0 Å². The van der Waals surface area contributed by atoms with Crippen LogP contribution in [0.2, 0.25) is 0 Å². The van der Waals surface area contributed by atoms with Crippen molar-refractivity contribution in [3.8, 4) is 22.3 Å². The lowest BCUT2D eigenvalue weighted by molar-refractivity contribution is 0.395. The van der Waals surface area contributed by atoms with Gasteiger partial charge in [0.15, 0.2) is 0 Å². The second-order valence-corrected chi connectivity index (χ2v) is 13.8. The number of nitrogens with zero attached hydrogens (tertiary/aromatic N) is 2. The van der Waals surface area contributed by atoms with Crippen LogP contribution >= 0.6 is 0 Å². The minimum atomic E-state index is -0.0383. The number of benzene rings is 4. The first kappa shape index (κ1) is 25.7. The first-order chi connectivity index (χ1) is 21.3. The molecule has 0 N–H and O–H groups in total. The molecular formula is C42H34N2. The normalized spacial score (nSPS) is 20.2. The van der Waals surface area contributed by atoms with E-state index in [1.807, 2.05) is 12.4 Å². The van der Waals surface area contributed by atoms with E-state index >= 15 is 0 Å². The van der Waals surface area contributed by atoms with Gasteiger partial charge in [-0.3, -0.25) is 9.97 Å². The number of hydrogen-bond acceptors (Lipinski definition) is 2. The SMILES string of the molecule is CC1(C)c2ccccc2-c2ccc(-c3ccnc4c3ccc3c(C5=CC6C(C=C5)c5ccccc5C6(C)C)ccnc34)cc21. The molecule has 212 valence electrons. The highest BCUT2D eigenvalue weighted by atomic mass is 14.7. The molecule has 2 aromatic heterocycles. The predicted octanol–water partition coefficient (Wildman–Crippen LogP) is 10.4. The van der Waals surface area contributed by atoms with Gasteiger partial charge in [-0.15, -0.1) is 0 Å². The minimum Gasteiger partial charge on any atom is -0.254 e. The fourth-order valence-corrected chi connectivity index (χ4v) is 8.57. The van der Waals surface area contributed by atoms with Gasteiger partial charge in [0.2, 0.25) is 0 Å². The van der Waals surface area contributed by atoms with Crippen molar-refractivity contribution < 1.29 is 0 Å². The molecule has 2 atom stereocenters. The van der Waals surface area contributed by atoms with Crippen molar-refractivity contribution in [2.75, 3.05) is 0 Å². The van der Waals surface area contributed by atoms with E-state index in [9.17, 15) is 0 Å². The van der Waals surface area contributed by atoms with Gasteiger partial charge in [0.25, 0.3) is 0 Å². The fraction of sp³-hybridized carbons (Fsp3) is 0.190. The van der Waals surface area contributed by atoms with Gasteiger partial charge >= 0.3 is 0 Å². The van der Waals surface area contributed by atoms with Gasteiger partial charge in [-0.05, 0) is 85.2 Å². The number of rotatable bonds is 2. The molecule has 0 saturated heterocycles.